The molecule has 2 aromatic carbocycles. The second kappa shape index (κ2) is 13.7. The lowest BCUT2D eigenvalue weighted by atomic mass is 10.2. The molecule has 1 amide bonds. The van der Waals surface area contributed by atoms with E-state index in [2.05, 4.69) is 6.07 Å². The third-order valence-electron chi connectivity index (χ3n) is 5.68. The smallest absolute Gasteiger partial charge is 0.260 e. The minimum absolute atomic E-state index is 0. The molecular weight excluding hydrogens is 536 g/mol. The van der Waals surface area contributed by atoms with Crippen molar-refractivity contribution in [2.75, 3.05) is 51.4 Å². The zero-order chi connectivity index (χ0) is 25.6. The number of hydrogen-bond acceptors (Lipinski definition) is 7. The number of anilines is 1. The number of nitrogens with zero attached hydrogens (tertiary/aromatic N) is 4. The highest BCUT2D eigenvalue weighted by atomic mass is 35.5. The first-order valence-corrected chi connectivity index (χ1v) is 15.2. The Hall–Kier alpha value is -1.69. The summed E-state index contributed by atoms with van der Waals surface area (Å²) in [6, 6.07) is 12.4. The molecule has 0 N–H and O–H groups in total. The Labute approximate surface area is 229 Å². The van der Waals surface area contributed by atoms with Gasteiger partial charge in [0.1, 0.15) is 0 Å². The van der Waals surface area contributed by atoms with E-state index in [-0.39, 0.29) is 23.2 Å². The van der Waals surface area contributed by atoms with Crippen LogP contribution in [0.15, 0.2) is 52.3 Å². The molecule has 3 rings (SSSR count). The minimum atomic E-state index is -3.59. The van der Waals surface area contributed by atoms with Crippen LogP contribution in [-0.4, -0.2) is 75.0 Å². The highest BCUT2D eigenvalue weighted by Gasteiger charge is 2.25. The van der Waals surface area contributed by atoms with Crippen molar-refractivity contribution in [1.82, 2.24) is 14.2 Å². The highest BCUT2D eigenvalue weighted by molar-refractivity contribution is 7.98. The Morgan fingerprint density at radius 1 is 1.03 bits per heavy atom. The van der Waals surface area contributed by atoms with E-state index in [0.29, 0.717) is 36.9 Å². The van der Waals surface area contributed by atoms with E-state index in [0.717, 1.165) is 28.0 Å². The molecule has 0 fully saturated rings. The summed E-state index contributed by atoms with van der Waals surface area (Å²) >= 11 is 3.16. The summed E-state index contributed by atoms with van der Waals surface area (Å²) < 4.78 is 28.6. The van der Waals surface area contributed by atoms with Gasteiger partial charge in [-0.3, -0.25) is 9.69 Å². The number of carbonyl (C=O) groups excluding carboxylic acids is 1. The molecule has 1 heterocycles. The van der Waals surface area contributed by atoms with E-state index in [1.54, 1.807) is 28.8 Å². The van der Waals surface area contributed by atoms with Crippen LogP contribution in [0.2, 0.25) is 0 Å². The lowest BCUT2D eigenvalue weighted by Gasteiger charge is -2.23. The Kier molecular flexibility index (Phi) is 11.7. The van der Waals surface area contributed by atoms with Gasteiger partial charge in [-0.2, -0.15) is 4.31 Å². The first-order valence-electron chi connectivity index (χ1n) is 11.7. The molecule has 7 nitrogen and oxygen atoms in total. The quantitative estimate of drug-likeness (QED) is 0.269. The number of benzene rings is 2. The van der Waals surface area contributed by atoms with Gasteiger partial charge in [0, 0.05) is 36.6 Å². The summed E-state index contributed by atoms with van der Waals surface area (Å²) in [6.45, 7) is 5.93. The fourth-order valence-electron chi connectivity index (χ4n) is 3.58. The van der Waals surface area contributed by atoms with E-state index in [1.165, 1.54) is 27.8 Å². The van der Waals surface area contributed by atoms with E-state index in [1.807, 2.05) is 51.2 Å². The van der Waals surface area contributed by atoms with Gasteiger partial charge < -0.3 is 4.90 Å². The first kappa shape index (κ1) is 30.5. The lowest BCUT2D eigenvalue weighted by Crippen LogP contribution is -2.36. The average molecular weight is 571 g/mol. The molecule has 11 heteroatoms. The number of fused-ring (bicyclic) bond motifs is 1. The van der Waals surface area contributed by atoms with E-state index < -0.39 is 10.0 Å². The number of thiazole rings is 1. The van der Waals surface area contributed by atoms with Gasteiger partial charge >= 0.3 is 0 Å². The van der Waals surface area contributed by atoms with Crippen molar-refractivity contribution >= 4 is 66.8 Å². The van der Waals surface area contributed by atoms with Crippen molar-refractivity contribution in [3.63, 3.8) is 0 Å². The van der Waals surface area contributed by atoms with Crippen LogP contribution in [-0.2, 0) is 10.0 Å². The second-order valence-electron chi connectivity index (χ2n) is 8.46. The molecular formula is C25H35ClN4O3S3. The Bertz CT molecular complexity index is 1250. The Morgan fingerprint density at radius 3 is 2.31 bits per heavy atom. The summed E-state index contributed by atoms with van der Waals surface area (Å²) in [7, 11) is 0.329. The number of carbonyl (C=O) groups is 1. The number of hydrogen-bond donors (Lipinski definition) is 0. The second-order valence-corrected chi connectivity index (χ2v) is 12.3. The molecule has 0 unspecified atom stereocenters. The van der Waals surface area contributed by atoms with Gasteiger partial charge in [-0.25, -0.2) is 13.4 Å². The molecule has 1 aromatic heterocycles. The maximum atomic E-state index is 13.6. The van der Waals surface area contributed by atoms with Crippen molar-refractivity contribution < 1.29 is 13.2 Å². The third-order valence-corrected chi connectivity index (χ3v) is 9.44. The molecule has 0 bridgehead atoms. The lowest BCUT2D eigenvalue weighted by molar-refractivity contribution is 0.0985. The largest absolute Gasteiger partial charge is 0.308 e. The van der Waals surface area contributed by atoms with Crippen molar-refractivity contribution in [2.45, 2.75) is 36.5 Å². The Morgan fingerprint density at radius 2 is 1.72 bits per heavy atom. The molecule has 0 aliphatic rings. The van der Waals surface area contributed by atoms with Crippen molar-refractivity contribution in [2.24, 2.45) is 0 Å². The topological polar surface area (TPSA) is 73.8 Å². The molecule has 3 aromatic rings. The number of sulfonamides is 1. The molecule has 0 aliphatic heterocycles. The molecule has 36 heavy (non-hydrogen) atoms. The predicted molar refractivity (Wildman–Crippen MR) is 155 cm³/mol. The Balaban J connectivity index is 0.00000456. The van der Waals surface area contributed by atoms with Crippen molar-refractivity contribution in [3.8, 4) is 0 Å². The fourth-order valence-corrected chi connectivity index (χ4v) is 6.61. The SMILES string of the molecule is CCCCN(CC)S(=O)(=O)c1ccc(C(=O)N(CCN(C)C)c2nc3ccc(SC)cc3s2)cc1.Cl. The van der Waals surface area contributed by atoms with Crippen LogP contribution in [0.3, 0.4) is 0 Å². The third kappa shape index (κ3) is 7.20. The fraction of sp³-hybridized carbons (Fsp3) is 0.440. The summed E-state index contributed by atoms with van der Waals surface area (Å²) in [5, 5.41) is 0.638. The van der Waals surface area contributed by atoms with Gasteiger partial charge in [0.2, 0.25) is 10.0 Å². The molecule has 0 saturated carbocycles. The summed E-state index contributed by atoms with van der Waals surface area (Å²) in [6.07, 6.45) is 3.76. The molecule has 0 aliphatic carbocycles. The number of thioether (sulfide) groups is 1. The van der Waals surface area contributed by atoms with Crippen LogP contribution in [0.4, 0.5) is 5.13 Å². The van der Waals surface area contributed by atoms with E-state index in [4.69, 9.17) is 4.98 Å². The number of unbranched alkanes of at least 4 members (excludes halogenated alkanes) is 1. The predicted octanol–water partition coefficient (Wildman–Crippen LogP) is 5.46. The minimum Gasteiger partial charge on any atom is -0.308 e. The monoisotopic (exact) mass is 570 g/mol. The maximum absolute atomic E-state index is 13.6. The number of rotatable bonds is 12. The summed E-state index contributed by atoms with van der Waals surface area (Å²) in [5.74, 6) is -0.196. The van der Waals surface area contributed by atoms with Gasteiger partial charge in [0.05, 0.1) is 15.1 Å². The molecule has 0 spiro atoms. The molecule has 0 saturated heterocycles. The number of likely N-dealkylation sites (N-methyl/N-ethyl adjacent to an activating group) is 1. The molecule has 0 atom stereocenters. The number of halogens is 1. The van der Waals surface area contributed by atoms with Crippen LogP contribution in [0.5, 0.6) is 0 Å². The van der Waals surface area contributed by atoms with Crippen LogP contribution < -0.4 is 4.90 Å². The van der Waals surface area contributed by atoms with Crippen LogP contribution >= 0.6 is 35.5 Å². The summed E-state index contributed by atoms with van der Waals surface area (Å²) in [4.78, 5) is 23.3. The molecule has 0 radical (unpaired) electrons. The highest BCUT2D eigenvalue weighted by Crippen LogP contribution is 2.32. The van der Waals surface area contributed by atoms with Crippen LogP contribution in [0.25, 0.3) is 10.2 Å². The van der Waals surface area contributed by atoms with Gasteiger partial charge in [-0.15, -0.1) is 24.2 Å². The van der Waals surface area contributed by atoms with Crippen molar-refractivity contribution in [1.29, 1.82) is 0 Å². The van der Waals surface area contributed by atoms with E-state index in [9.17, 15) is 13.2 Å². The number of amides is 1. The van der Waals surface area contributed by atoms with Crippen LogP contribution in [0, 0.1) is 0 Å². The standard InChI is InChI=1S/C25H34N4O3S3.ClH/c1-6-8-15-28(7-2)35(31,32)21-12-9-19(10-13-21)24(30)29(17-16-27(3)4)25-26-22-14-11-20(33-5)18-23(22)34-25;/h9-14,18H,6-8,15-17H2,1-5H3;1H. The normalized spacial score (nSPS) is 11.8. The van der Waals surface area contributed by atoms with Crippen molar-refractivity contribution in [3.05, 3.63) is 48.0 Å². The van der Waals surface area contributed by atoms with Gasteiger partial charge in [0.15, 0.2) is 5.13 Å². The average Bonchev–Trinajstić information content (AvgIpc) is 3.27. The number of aromatic nitrogens is 1. The molecule has 198 valence electrons. The van der Waals surface area contributed by atoms with Crippen LogP contribution in [0.1, 0.15) is 37.0 Å². The van der Waals surface area contributed by atoms with Gasteiger partial charge in [-0.05, 0) is 69.2 Å². The summed E-state index contributed by atoms with van der Waals surface area (Å²) in [5.41, 5.74) is 1.29. The van der Waals surface area contributed by atoms with E-state index >= 15 is 0 Å². The zero-order valence-electron chi connectivity index (χ0n) is 21.4. The maximum Gasteiger partial charge on any atom is 0.260 e. The first-order chi connectivity index (χ1) is 16.7. The van der Waals surface area contributed by atoms with Gasteiger partial charge in [0.25, 0.3) is 5.91 Å². The van der Waals surface area contributed by atoms with Gasteiger partial charge in [-0.1, -0.05) is 31.6 Å². The zero-order valence-corrected chi connectivity index (χ0v) is 24.7.